The van der Waals surface area contributed by atoms with Crippen molar-refractivity contribution in [3.8, 4) is 0 Å². The number of likely N-dealkylation sites (tertiary alicyclic amines) is 1. The van der Waals surface area contributed by atoms with Gasteiger partial charge in [0.15, 0.2) is 0 Å². The Morgan fingerprint density at radius 1 is 1.19 bits per heavy atom. The molecule has 0 bridgehead atoms. The third-order valence-electron chi connectivity index (χ3n) is 3.10. The Labute approximate surface area is 107 Å². The van der Waals surface area contributed by atoms with Crippen LogP contribution in [0.5, 0.6) is 0 Å². The fourth-order valence-corrected chi connectivity index (χ4v) is 2.36. The van der Waals surface area contributed by atoms with E-state index in [9.17, 15) is 0 Å². The van der Waals surface area contributed by atoms with Gasteiger partial charge >= 0.3 is 0 Å². The zero-order valence-electron chi connectivity index (χ0n) is 9.26. The van der Waals surface area contributed by atoms with E-state index in [2.05, 4.69) is 11.8 Å². The molecular formula is C13H16Cl2N. The van der Waals surface area contributed by atoms with Gasteiger partial charge in [0, 0.05) is 6.54 Å². The molecule has 3 heteroatoms. The van der Waals surface area contributed by atoms with Gasteiger partial charge in [0.1, 0.15) is 0 Å². The predicted octanol–water partition coefficient (Wildman–Crippen LogP) is 4.04. The second kappa shape index (κ2) is 5.39. The highest BCUT2D eigenvalue weighted by molar-refractivity contribution is 6.42. The van der Waals surface area contributed by atoms with Gasteiger partial charge in [-0.1, -0.05) is 36.2 Å². The van der Waals surface area contributed by atoms with Crippen LogP contribution in [0.4, 0.5) is 0 Å². The van der Waals surface area contributed by atoms with Crippen LogP contribution in [0, 0.1) is 12.8 Å². The quantitative estimate of drug-likeness (QED) is 0.772. The average Bonchev–Trinajstić information content (AvgIpc) is 2.27. The summed E-state index contributed by atoms with van der Waals surface area (Å²) in [6.07, 6.45) is 2.39. The van der Waals surface area contributed by atoms with E-state index in [1.807, 2.05) is 18.2 Å². The van der Waals surface area contributed by atoms with Gasteiger partial charge in [-0.2, -0.15) is 0 Å². The van der Waals surface area contributed by atoms with E-state index in [0.29, 0.717) is 16.0 Å². The van der Waals surface area contributed by atoms with E-state index in [1.165, 1.54) is 18.4 Å². The Morgan fingerprint density at radius 3 is 2.50 bits per heavy atom. The SMILES string of the molecule is [CH2]C1CCN(Cc2ccc(Cl)c(Cl)c2)CC1. The van der Waals surface area contributed by atoms with Crippen molar-refractivity contribution in [1.29, 1.82) is 0 Å². The van der Waals surface area contributed by atoms with Crippen molar-refractivity contribution in [2.45, 2.75) is 19.4 Å². The number of hydrogen-bond donors (Lipinski definition) is 0. The van der Waals surface area contributed by atoms with Crippen molar-refractivity contribution in [1.82, 2.24) is 4.90 Å². The van der Waals surface area contributed by atoms with Crippen LogP contribution < -0.4 is 0 Å². The van der Waals surface area contributed by atoms with Gasteiger partial charge in [-0.15, -0.1) is 0 Å². The predicted molar refractivity (Wildman–Crippen MR) is 69.8 cm³/mol. The summed E-state index contributed by atoms with van der Waals surface area (Å²) >= 11 is 11.9. The fraction of sp³-hybridized carbons (Fsp3) is 0.462. The summed E-state index contributed by atoms with van der Waals surface area (Å²) < 4.78 is 0. The van der Waals surface area contributed by atoms with Crippen LogP contribution in [0.2, 0.25) is 10.0 Å². The van der Waals surface area contributed by atoms with Crippen LogP contribution in [-0.2, 0) is 6.54 Å². The molecule has 0 aromatic heterocycles. The molecule has 1 saturated heterocycles. The second-order valence-corrected chi connectivity index (χ2v) is 5.28. The highest BCUT2D eigenvalue weighted by Gasteiger charge is 2.15. The van der Waals surface area contributed by atoms with Crippen molar-refractivity contribution < 1.29 is 0 Å². The zero-order chi connectivity index (χ0) is 11.5. The summed E-state index contributed by atoms with van der Waals surface area (Å²) in [5.41, 5.74) is 1.23. The molecule has 16 heavy (non-hydrogen) atoms. The van der Waals surface area contributed by atoms with Gasteiger partial charge in [-0.25, -0.2) is 0 Å². The number of nitrogens with zero attached hydrogens (tertiary/aromatic N) is 1. The van der Waals surface area contributed by atoms with Crippen molar-refractivity contribution in [2.75, 3.05) is 13.1 Å². The molecule has 0 unspecified atom stereocenters. The first kappa shape index (κ1) is 12.2. The van der Waals surface area contributed by atoms with E-state index in [4.69, 9.17) is 23.2 Å². The monoisotopic (exact) mass is 256 g/mol. The van der Waals surface area contributed by atoms with E-state index in [0.717, 1.165) is 19.6 Å². The summed E-state index contributed by atoms with van der Waals surface area (Å²) in [4.78, 5) is 2.45. The maximum Gasteiger partial charge on any atom is 0.0595 e. The Morgan fingerprint density at radius 2 is 1.88 bits per heavy atom. The van der Waals surface area contributed by atoms with Gasteiger partial charge < -0.3 is 0 Å². The number of hydrogen-bond acceptors (Lipinski definition) is 1. The van der Waals surface area contributed by atoms with Crippen LogP contribution in [0.15, 0.2) is 18.2 Å². The number of halogens is 2. The van der Waals surface area contributed by atoms with E-state index in [1.54, 1.807) is 0 Å². The third kappa shape index (κ3) is 3.13. The first-order chi connectivity index (χ1) is 7.65. The molecule has 0 N–H and O–H groups in total. The van der Waals surface area contributed by atoms with Crippen molar-refractivity contribution in [2.24, 2.45) is 5.92 Å². The molecule has 0 amide bonds. The summed E-state index contributed by atoms with van der Waals surface area (Å²) in [7, 11) is 0. The smallest absolute Gasteiger partial charge is 0.0595 e. The van der Waals surface area contributed by atoms with Gasteiger partial charge in [-0.3, -0.25) is 4.90 Å². The van der Waals surface area contributed by atoms with E-state index >= 15 is 0 Å². The third-order valence-corrected chi connectivity index (χ3v) is 3.84. The lowest BCUT2D eigenvalue weighted by atomic mass is 9.99. The maximum atomic E-state index is 5.99. The molecule has 1 fully saturated rings. The normalized spacial score (nSPS) is 18.9. The summed E-state index contributed by atoms with van der Waals surface area (Å²) in [5, 5.41) is 1.27. The van der Waals surface area contributed by atoms with E-state index in [-0.39, 0.29) is 0 Å². The largest absolute Gasteiger partial charge is 0.299 e. The molecule has 0 atom stereocenters. The lowest BCUT2D eigenvalue weighted by Crippen LogP contribution is -2.32. The Kier molecular flexibility index (Phi) is 4.12. The highest BCUT2D eigenvalue weighted by atomic mass is 35.5. The lowest BCUT2D eigenvalue weighted by molar-refractivity contribution is 0.195. The molecule has 1 aliphatic heterocycles. The molecule has 1 nitrogen and oxygen atoms in total. The van der Waals surface area contributed by atoms with Crippen LogP contribution in [-0.4, -0.2) is 18.0 Å². The van der Waals surface area contributed by atoms with Gasteiger partial charge in [0.05, 0.1) is 10.0 Å². The summed E-state index contributed by atoms with van der Waals surface area (Å²) in [6.45, 7) is 7.33. The zero-order valence-corrected chi connectivity index (χ0v) is 10.8. The van der Waals surface area contributed by atoms with Crippen LogP contribution in [0.3, 0.4) is 0 Å². The molecule has 0 aliphatic carbocycles. The fourth-order valence-electron chi connectivity index (χ4n) is 2.04. The minimum absolute atomic E-state index is 0.627. The molecule has 1 aromatic rings. The molecule has 87 valence electrons. The number of benzene rings is 1. The molecule has 0 spiro atoms. The van der Waals surface area contributed by atoms with Gasteiger partial charge in [0.2, 0.25) is 0 Å². The lowest BCUT2D eigenvalue weighted by Gasteiger charge is -2.30. The minimum Gasteiger partial charge on any atom is -0.299 e. The summed E-state index contributed by atoms with van der Waals surface area (Å²) in [6, 6.07) is 5.87. The van der Waals surface area contributed by atoms with Crippen LogP contribution >= 0.6 is 23.2 Å². The standard InChI is InChI=1S/C13H16Cl2N/c1-10-4-6-16(7-5-10)9-11-2-3-12(14)13(15)8-11/h2-3,8,10H,1,4-7,9H2. The molecule has 2 rings (SSSR count). The van der Waals surface area contributed by atoms with Crippen molar-refractivity contribution >= 4 is 23.2 Å². The summed E-state index contributed by atoms with van der Waals surface area (Å²) in [5.74, 6) is 0.630. The second-order valence-electron chi connectivity index (χ2n) is 4.47. The topological polar surface area (TPSA) is 3.24 Å². The van der Waals surface area contributed by atoms with E-state index < -0.39 is 0 Å². The number of piperidine rings is 1. The molecule has 0 saturated carbocycles. The molecular weight excluding hydrogens is 241 g/mol. The Hall–Kier alpha value is -0.240. The van der Waals surface area contributed by atoms with Crippen LogP contribution in [0.1, 0.15) is 18.4 Å². The average molecular weight is 257 g/mol. The Balaban J connectivity index is 1.96. The minimum atomic E-state index is 0.627. The van der Waals surface area contributed by atoms with Gasteiger partial charge in [0.25, 0.3) is 0 Å². The molecule has 1 aliphatic rings. The Bertz CT molecular complexity index is 357. The van der Waals surface area contributed by atoms with Crippen molar-refractivity contribution in [3.63, 3.8) is 0 Å². The number of rotatable bonds is 2. The highest BCUT2D eigenvalue weighted by Crippen LogP contribution is 2.24. The maximum absolute atomic E-state index is 5.99. The first-order valence-corrected chi connectivity index (χ1v) is 6.40. The molecule has 1 aromatic carbocycles. The van der Waals surface area contributed by atoms with Crippen molar-refractivity contribution in [3.05, 3.63) is 40.7 Å². The first-order valence-electron chi connectivity index (χ1n) is 5.64. The van der Waals surface area contributed by atoms with Gasteiger partial charge in [-0.05, 0) is 49.5 Å². The van der Waals surface area contributed by atoms with Crippen LogP contribution in [0.25, 0.3) is 0 Å². The molecule has 1 radical (unpaired) electrons. The molecule has 1 heterocycles.